The van der Waals surface area contributed by atoms with Crippen LogP contribution in [0.4, 0.5) is 5.69 Å². The monoisotopic (exact) mass is 264 g/mol. The van der Waals surface area contributed by atoms with E-state index < -0.39 is 0 Å². The minimum atomic E-state index is -0.150. The SMILES string of the molecule is Cc1nn(CC(=O)Nc2ccncc2)c(C)c1Cl. The van der Waals surface area contributed by atoms with E-state index >= 15 is 0 Å². The van der Waals surface area contributed by atoms with Crippen LogP contribution in [-0.4, -0.2) is 20.7 Å². The summed E-state index contributed by atoms with van der Waals surface area (Å²) in [7, 11) is 0. The number of nitrogens with one attached hydrogen (secondary N) is 1. The number of carbonyl (C=O) groups is 1. The van der Waals surface area contributed by atoms with Gasteiger partial charge in [-0.15, -0.1) is 0 Å². The molecule has 0 spiro atoms. The molecule has 2 aromatic heterocycles. The Bertz CT molecular complexity index is 565. The summed E-state index contributed by atoms with van der Waals surface area (Å²) in [6, 6.07) is 3.46. The van der Waals surface area contributed by atoms with Gasteiger partial charge in [-0.05, 0) is 26.0 Å². The lowest BCUT2D eigenvalue weighted by molar-refractivity contribution is -0.116. The molecule has 5 nitrogen and oxygen atoms in total. The highest BCUT2D eigenvalue weighted by Gasteiger charge is 2.12. The molecular formula is C12H13ClN4O. The van der Waals surface area contributed by atoms with E-state index in [0.717, 1.165) is 11.4 Å². The van der Waals surface area contributed by atoms with Crippen molar-refractivity contribution in [3.05, 3.63) is 40.9 Å². The minimum Gasteiger partial charge on any atom is -0.324 e. The first-order valence-electron chi connectivity index (χ1n) is 5.47. The summed E-state index contributed by atoms with van der Waals surface area (Å²) >= 11 is 6.02. The maximum absolute atomic E-state index is 11.8. The van der Waals surface area contributed by atoms with Crippen LogP contribution in [0.2, 0.25) is 5.02 Å². The maximum Gasteiger partial charge on any atom is 0.246 e. The van der Waals surface area contributed by atoms with Gasteiger partial charge in [-0.1, -0.05) is 11.6 Å². The number of carbonyl (C=O) groups excluding carboxylic acids is 1. The topological polar surface area (TPSA) is 59.8 Å². The molecule has 0 radical (unpaired) electrons. The van der Waals surface area contributed by atoms with Gasteiger partial charge in [0.05, 0.1) is 16.4 Å². The number of amides is 1. The Labute approximate surface area is 110 Å². The second-order valence-corrected chi connectivity index (χ2v) is 4.30. The smallest absolute Gasteiger partial charge is 0.246 e. The summed E-state index contributed by atoms with van der Waals surface area (Å²) in [5, 5.41) is 7.57. The van der Waals surface area contributed by atoms with E-state index in [1.165, 1.54) is 0 Å². The average Bonchev–Trinajstić information content (AvgIpc) is 2.58. The summed E-state index contributed by atoms with van der Waals surface area (Å²) in [5.74, 6) is -0.150. The zero-order chi connectivity index (χ0) is 13.1. The third-order valence-electron chi connectivity index (χ3n) is 2.55. The van der Waals surface area contributed by atoms with Crippen molar-refractivity contribution < 1.29 is 4.79 Å². The predicted octanol–water partition coefficient (Wildman–Crippen LogP) is 2.19. The Hall–Kier alpha value is -1.88. The number of nitrogens with zero attached hydrogens (tertiary/aromatic N) is 3. The molecule has 1 amide bonds. The zero-order valence-electron chi connectivity index (χ0n) is 10.1. The molecule has 0 saturated carbocycles. The Kier molecular flexibility index (Phi) is 3.62. The second-order valence-electron chi connectivity index (χ2n) is 3.93. The summed E-state index contributed by atoms with van der Waals surface area (Å²) in [5.41, 5.74) is 2.23. The van der Waals surface area contributed by atoms with Gasteiger partial charge in [0.25, 0.3) is 0 Å². The molecule has 0 aliphatic rings. The number of rotatable bonds is 3. The van der Waals surface area contributed by atoms with Crippen LogP contribution in [0, 0.1) is 13.8 Å². The fourth-order valence-corrected chi connectivity index (χ4v) is 1.74. The number of halogens is 1. The standard InChI is InChI=1S/C12H13ClN4O/c1-8-12(13)9(2)17(16-8)7-11(18)15-10-3-5-14-6-4-10/h3-6H,7H2,1-2H3,(H,14,15,18). The molecule has 0 bridgehead atoms. The molecule has 0 aliphatic heterocycles. The first-order valence-corrected chi connectivity index (χ1v) is 5.85. The molecule has 2 rings (SSSR count). The fraction of sp³-hybridized carbons (Fsp3) is 0.250. The van der Waals surface area contributed by atoms with Crippen molar-refractivity contribution in [1.29, 1.82) is 0 Å². The van der Waals surface area contributed by atoms with Gasteiger partial charge < -0.3 is 5.32 Å². The molecule has 2 heterocycles. The van der Waals surface area contributed by atoms with E-state index in [0.29, 0.717) is 10.7 Å². The zero-order valence-corrected chi connectivity index (χ0v) is 10.9. The third kappa shape index (κ3) is 2.68. The maximum atomic E-state index is 11.8. The van der Waals surface area contributed by atoms with E-state index in [-0.39, 0.29) is 12.5 Å². The summed E-state index contributed by atoms with van der Waals surface area (Å²) in [4.78, 5) is 15.7. The van der Waals surface area contributed by atoms with Gasteiger partial charge in [-0.25, -0.2) is 0 Å². The molecule has 1 N–H and O–H groups in total. The lowest BCUT2D eigenvalue weighted by Crippen LogP contribution is -2.20. The van der Waals surface area contributed by atoms with Crippen molar-refractivity contribution in [2.75, 3.05) is 5.32 Å². The molecular weight excluding hydrogens is 252 g/mol. The highest BCUT2D eigenvalue weighted by molar-refractivity contribution is 6.31. The third-order valence-corrected chi connectivity index (χ3v) is 3.10. The summed E-state index contributed by atoms with van der Waals surface area (Å²) in [6.45, 7) is 3.79. The highest BCUT2D eigenvalue weighted by Crippen LogP contribution is 2.18. The normalized spacial score (nSPS) is 10.4. The van der Waals surface area contributed by atoms with Crippen molar-refractivity contribution in [3.63, 3.8) is 0 Å². The van der Waals surface area contributed by atoms with Gasteiger partial charge in [0.2, 0.25) is 5.91 Å². The Morgan fingerprint density at radius 2 is 2.06 bits per heavy atom. The number of pyridine rings is 1. The summed E-state index contributed by atoms with van der Waals surface area (Å²) < 4.78 is 1.59. The average molecular weight is 265 g/mol. The molecule has 18 heavy (non-hydrogen) atoms. The van der Waals surface area contributed by atoms with Crippen LogP contribution in [0.1, 0.15) is 11.4 Å². The molecule has 0 unspecified atom stereocenters. The molecule has 0 aliphatic carbocycles. The lowest BCUT2D eigenvalue weighted by atomic mass is 10.4. The molecule has 2 aromatic rings. The number of aryl methyl sites for hydroxylation is 1. The largest absolute Gasteiger partial charge is 0.324 e. The Balaban J connectivity index is 2.06. The van der Waals surface area contributed by atoms with Crippen LogP contribution in [0.15, 0.2) is 24.5 Å². The number of aromatic nitrogens is 3. The predicted molar refractivity (Wildman–Crippen MR) is 69.6 cm³/mol. The molecule has 0 saturated heterocycles. The molecule has 0 aromatic carbocycles. The van der Waals surface area contributed by atoms with Crippen LogP contribution >= 0.6 is 11.6 Å². The van der Waals surface area contributed by atoms with E-state index in [1.54, 1.807) is 29.2 Å². The molecule has 94 valence electrons. The van der Waals surface area contributed by atoms with Crippen molar-refractivity contribution >= 4 is 23.2 Å². The van der Waals surface area contributed by atoms with Crippen molar-refractivity contribution in [1.82, 2.24) is 14.8 Å². The first kappa shape index (κ1) is 12.6. The molecule has 0 fully saturated rings. The molecule has 6 heteroatoms. The second kappa shape index (κ2) is 5.18. The van der Waals surface area contributed by atoms with Gasteiger partial charge >= 0.3 is 0 Å². The van der Waals surface area contributed by atoms with Gasteiger partial charge in [-0.3, -0.25) is 14.5 Å². The quantitative estimate of drug-likeness (QED) is 0.924. The molecule has 0 atom stereocenters. The van der Waals surface area contributed by atoms with Crippen LogP contribution in [0.25, 0.3) is 0 Å². The fourth-order valence-electron chi connectivity index (χ4n) is 1.60. The van der Waals surface area contributed by atoms with Gasteiger partial charge in [0, 0.05) is 18.1 Å². The summed E-state index contributed by atoms with van der Waals surface area (Å²) in [6.07, 6.45) is 3.24. The Morgan fingerprint density at radius 3 is 2.61 bits per heavy atom. The van der Waals surface area contributed by atoms with Gasteiger partial charge in [-0.2, -0.15) is 5.10 Å². The van der Waals surface area contributed by atoms with Gasteiger partial charge in [0.1, 0.15) is 6.54 Å². The number of hydrogen-bond donors (Lipinski definition) is 1. The van der Waals surface area contributed by atoms with Crippen LogP contribution < -0.4 is 5.32 Å². The van der Waals surface area contributed by atoms with Crippen molar-refractivity contribution in [2.45, 2.75) is 20.4 Å². The lowest BCUT2D eigenvalue weighted by Gasteiger charge is -2.06. The van der Waals surface area contributed by atoms with E-state index in [4.69, 9.17) is 11.6 Å². The first-order chi connectivity index (χ1) is 8.58. The Morgan fingerprint density at radius 1 is 1.39 bits per heavy atom. The van der Waals surface area contributed by atoms with E-state index in [1.807, 2.05) is 13.8 Å². The highest BCUT2D eigenvalue weighted by atomic mass is 35.5. The van der Waals surface area contributed by atoms with Crippen LogP contribution in [0.5, 0.6) is 0 Å². The van der Waals surface area contributed by atoms with Crippen molar-refractivity contribution in [3.8, 4) is 0 Å². The van der Waals surface area contributed by atoms with Crippen molar-refractivity contribution in [2.24, 2.45) is 0 Å². The van der Waals surface area contributed by atoms with Crippen LogP contribution in [0.3, 0.4) is 0 Å². The minimum absolute atomic E-state index is 0.141. The van der Waals surface area contributed by atoms with E-state index in [9.17, 15) is 4.79 Å². The number of hydrogen-bond acceptors (Lipinski definition) is 3. The van der Waals surface area contributed by atoms with E-state index in [2.05, 4.69) is 15.4 Å². The van der Waals surface area contributed by atoms with Gasteiger partial charge in [0.15, 0.2) is 0 Å². The number of anilines is 1. The van der Waals surface area contributed by atoms with Crippen LogP contribution in [-0.2, 0) is 11.3 Å².